The Morgan fingerprint density at radius 3 is 2.58 bits per heavy atom. The number of carbonyl (C=O) groups is 1. The Kier molecular flexibility index (Phi) is 7.32. The maximum absolute atomic E-state index is 12.7. The summed E-state index contributed by atoms with van der Waals surface area (Å²) in [7, 11) is 1.64. The number of nitrogens with one attached hydrogen (secondary N) is 2. The van der Waals surface area contributed by atoms with Gasteiger partial charge in [-0.05, 0) is 26.3 Å². The largest absolute Gasteiger partial charge is 0.459 e. The van der Waals surface area contributed by atoms with Crippen molar-refractivity contribution in [2.45, 2.75) is 44.6 Å². The number of carbonyl (C=O) groups excluding carboxylic acids is 1. The van der Waals surface area contributed by atoms with E-state index >= 15 is 0 Å². The molecule has 1 aliphatic carbocycles. The minimum atomic E-state index is -1.11. The fraction of sp³-hybridized carbons (Fsp3) is 0.476. The third kappa shape index (κ3) is 4.90. The second-order valence-electron chi connectivity index (χ2n) is 7.72. The second-order valence-corrected chi connectivity index (χ2v) is 8.08. The van der Waals surface area contributed by atoms with Gasteiger partial charge in [-0.2, -0.15) is 4.98 Å². The average molecular weight is 451 g/mol. The summed E-state index contributed by atoms with van der Waals surface area (Å²) >= 11 is 6.50. The van der Waals surface area contributed by atoms with E-state index in [4.69, 9.17) is 16.3 Å². The van der Waals surface area contributed by atoms with E-state index in [2.05, 4.69) is 20.6 Å². The van der Waals surface area contributed by atoms with Crippen LogP contribution in [0.15, 0.2) is 24.3 Å². The minimum absolute atomic E-state index is 0.0957. The first kappa shape index (κ1) is 23.2. The molecular weight excluding hydrogens is 424 g/mol. The van der Waals surface area contributed by atoms with Gasteiger partial charge in [-0.15, -0.1) is 0 Å². The predicted molar refractivity (Wildman–Crippen MR) is 117 cm³/mol. The SMILES string of the molecule is CNc1nc(Cl)c(-c2ccccc2C(=O)OC(C)C)c(N[C@@H]2C[C@H](CO)[C@@H](O)[C@H]2O)n1. The van der Waals surface area contributed by atoms with Crippen molar-refractivity contribution in [3.63, 3.8) is 0 Å². The molecular formula is C21H27ClN4O5. The number of aromatic nitrogens is 2. The third-order valence-corrected chi connectivity index (χ3v) is 5.48. The summed E-state index contributed by atoms with van der Waals surface area (Å²) in [6, 6.07) is 6.22. The van der Waals surface area contributed by atoms with Gasteiger partial charge < -0.3 is 30.7 Å². The van der Waals surface area contributed by atoms with E-state index in [0.717, 1.165) is 0 Å². The van der Waals surface area contributed by atoms with Crippen LogP contribution in [0.2, 0.25) is 5.15 Å². The molecule has 0 aliphatic heterocycles. The standard InChI is InChI=1S/C21H27ClN4O5/c1-10(2)31-20(30)13-7-5-4-6-12(13)15-18(22)25-21(23-3)26-19(15)24-14-8-11(9-27)16(28)17(14)29/h4-7,10-11,14,16-17,27-29H,8-9H2,1-3H3,(H2,23,24,25,26)/t11-,14-,16-,17+/m1/s1. The van der Waals surface area contributed by atoms with Gasteiger partial charge in [0.2, 0.25) is 5.95 Å². The molecule has 31 heavy (non-hydrogen) atoms. The van der Waals surface area contributed by atoms with E-state index in [9.17, 15) is 20.1 Å². The number of aliphatic hydroxyl groups excluding tert-OH is 3. The van der Waals surface area contributed by atoms with Crippen molar-refractivity contribution in [2.24, 2.45) is 5.92 Å². The Balaban J connectivity index is 2.07. The molecule has 4 atom stereocenters. The van der Waals surface area contributed by atoms with Crippen LogP contribution in [-0.2, 0) is 4.74 Å². The first-order valence-electron chi connectivity index (χ1n) is 10.1. The maximum Gasteiger partial charge on any atom is 0.339 e. The molecule has 1 aliphatic rings. The number of anilines is 2. The molecule has 3 rings (SSSR count). The Labute approximate surface area is 185 Å². The smallest absolute Gasteiger partial charge is 0.339 e. The topological polar surface area (TPSA) is 137 Å². The fourth-order valence-corrected chi connectivity index (χ4v) is 3.94. The molecule has 5 N–H and O–H groups in total. The summed E-state index contributed by atoms with van der Waals surface area (Å²) in [5.41, 5.74) is 1.13. The second kappa shape index (κ2) is 9.78. The number of aliphatic hydroxyl groups is 3. The summed E-state index contributed by atoms with van der Waals surface area (Å²) < 4.78 is 5.36. The summed E-state index contributed by atoms with van der Waals surface area (Å²) in [4.78, 5) is 21.3. The van der Waals surface area contributed by atoms with Crippen molar-refractivity contribution in [2.75, 3.05) is 24.3 Å². The lowest BCUT2D eigenvalue weighted by molar-refractivity contribution is 0.00446. The maximum atomic E-state index is 12.7. The first-order valence-corrected chi connectivity index (χ1v) is 10.4. The summed E-state index contributed by atoms with van der Waals surface area (Å²) in [6.07, 6.45) is -2.16. The zero-order chi connectivity index (χ0) is 22.7. The molecule has 0 amide bonds. The summed E-state index contributed by atoms with van der Waals surface area (Å²) in [5, 5.41) is 36.1. The molecule has 1 fully saturated rings. The van der Waals surface area contributed by atoms with Crippen LogP contribution in [0.1, 0.15) is 30.6 Å². The van der Waals surface area contributed by atoms with E-state index < -0.39 is 30.1 Å². The number of benzene rings is 1. The highest BCUT2D eigenvalue weighted by molar-refractivity contribution is 6.33. The van der Waals surface area contributed by atoms with Crippen LogP contribution in [0.5, 0.6) is 0 Å². The molecule has 1 aromatic carbocycles. The van der Waals surface area contributed by atoms with Gasteiger partial charge in [0, 0.05) is 25.1 Å². The van der Waals surface area contributed by atoms with Gasteiger partial charge in [0.15, 0.2) is 0 Å². The Morgan fingerprint density at radius 2 is 1.97 bits per heavy atom. The number of hydrogen-bond donors (Lipinski definition) is 5. The summed E-state index contributed by atoms with van der Waals surface area (Å²) in [5.74, 6) is -0.457. The van der Waals surface area contributed by atoms with Gasteiger partial charge in [0.25, 0.3) is 0 Å². The number of ether oxygens (including phenoxy) is 1. The highest BCUT2D eigenvalue weighted by Crippen LogP contribution is 2.38. The highest BCUT2D eigenvalue weighted by atomic mass is 35.5. The summed E-state index contributed by atoms with van der Waals surface area (Å²) in [6.45, 7) is 3.27. The molecule has 1 saturated carbocycles. The lowest BCUT2D eigenvalue weighted by Crippen LogP contribution is -2.35. The van der Waals surface area contributed by atoms with Crippen LogP contribution < -0.4 is 10.6 Å². The molecule has 1 heterocycles. The van der Waals surface area contributed by atoms with Crippen LogP contribution >= 0.6 is 11.6 Å². The van der Waals surface area contributed by atoms with E-state index in [1.807, 2.05) is 0 Å². The quantitative estimate of drug-likeness (QED) is 0.316. The van der Waals surface area contributed by atoms with Crippen LogP contribution in [0.3, 0.4) is 0 Å². The minimum Gasteiger partial charge on any atom is -0.459 e. The van der Waals surface area contributed by atoms with Gasteiger partial charge >= 0.3 is 5.97 Å². The van der Waals surface area contributed by atoms with Crippen molar-refractivity contribution in [3.8, 4) is 11.1 Å². The number of esters is 1. The van der Waals surface area contributed by atoms with Crippen molar-refractivity contribution in [3.05, 3.63) is 35.0 Å². The first-order chi connectivity index (χ1) is 14.8. The molecule has 0 unspecified atom stereocenters. The van der Waals surface area contributed by atoms with Crippen molar-refractivity contribution in [1.82, 2.24) is 9.97 Å². The van der Waals surface area contributed by atoms with E-state index in [1.165, 1.54) is 0 Å². The normalized spacial score (nSPS) is 23.1. The third-order valence-electron chi connectivity index (χ3n) is 5.21. The molecule has 168 valence electrons. The van der Waals surface area contributed by atoms with E-state index in [1.54, 1.807) is 45.2 Å². The average Bonchev–Trinajstić information content (AvgIpc) is 3.00. The van der Waals surface area contributed by atoms with Gasteiger partial charge in [-0.3, -0.25) is 0 Å². The molecule has 9 nitrogen and oxygen atoms in total. The van der Waals surface area contributed by atoms with Crippen LogP contribution in [0, 0.1) is 5.92 Å². The number of halogens is 1. The van der Waals surface area contributed by atoms with Gasteiger partial charge in [0.05, 0.1) is 29.4 Å². The molecule has 2 aromatic rings. The van der Waals surface area contributed by atoms with Crippen molar-refractivity contribution >= 4 is 29.3 Å². The zero-order valence-corrected chi connectivity index (χ0v) is 18.3. The molecule has 1 aromatic heterocycles. The van der Waals surface area contributed by atoms with E-state index in [-0.39, 0.29) is 29.6 Å². The highest BCUT2D eigenvalue weighted by Gasteiger charge is 2.41. The Bertz CT molecular complexity index is 942. The number of nitrogens with zero attached hydrogens (tertiary/aromatic N) is 2. The number of hydrogen-bond acceptors (Lipinski definition) is 9. The fourth-order valence-electron chi connectivity index (χ4n) is 3.67. The molecule has 0 saturated heterocycles. The lowest BCUT2D eigenvalue weighted by atomic mass is 10.0. The van der Waals surface area contributed by atoms with Crippen molar-refractivity contribution in [1.29, 1.82) is 0 Å². The lowest BCUT2D eigenvalue weighted by Gasteiger charge is -2.22. The van der Waals surface area contributed by atoms with E-state index in [0.29, 0.717) is 23.1 Å². The zero-order valence-electron chi connectivity index (χ0n) is 17.5. The Hall–Kier alpha value is -2.46. The molecule has 10 heteroatoms. The molecule has 0 radical (unpaired) electrons. The van der Waals surface area contributed by atoms with Crippen LogP contribution in [0.4, 0.5) is 11.8 Å². The molecule has 0 spiro atoms. The van der Waals surface area contributed by atoms with Crippen LogP contribution in [-0.4, -0.2) is 69.3 Å². The Morgan fingerprint density at radius 1 is 1.26 bits per heavy atom. The van der Waals surface area contributed by atoms with Crippen LogP contribution in [0.25, 0.3) is 11.1 Å². The van der Waals surface area contributed by atoms with Crippen molar-refractivity contribution < 1.29 is 24.9 Å². The predicted octanol–water partition coefficient (Wildman–Crippen LogP) is 1.92. The van der Waals surface area contributed by atoms with Gasteiger partial charge in [-0.1, -0.05) is 29.8 Å². The van der Waals surface area contributed by atoms with Gasteiger partial charge in [-0.25, -0.2) is 9.78 Å². The molecule has 0 bridgehead atoms. The van der Waals surface area contributed by atoms with Gasteiger partial charge in [0.1, 0.15) is 17.1 Å². The number of rotatable bonds is 7. The monoisotopic (exact) mass is 450 g/mol.